The number of carbonyl (C=O) groups excluding carboxylic acids is 2. The zero-order chi connectivity index (χ0) is 15.1. The molecular weight excluding hydrogens is 264 g/mol. The van der Waals surface area contributed by atoms with Crippen LogP contribution in [0, 0.1) is 0 Å². The van der Waals surface area contributed by atoms with Gasteiger partial charge in [0.05, 0.1) is 6.42 Å². The van der Waals surface area contributed by atoms with E-state index in [0.29, 0.717) is 6.54 Å². The summed E-state index contributed by atoms with van der Waals surface area (Å²) >= 11 is 0. The summed E-state index contributed by atoms with van der Waals surface area (Å²) < 4.78 is 0. The second-order valence-electron chi connectivity index (χ2n) is 4.78. The molecule has 0 spiro atoms. The number of nitrogens with zero attached hydrogens (tertiary/aromatic N) is 1. The first-order valence-corrected chi connectivity index (χ1v) is 6.74. The zero-order valence-corrected chi connectivity index (χ0v) is 11.6. The van der Waals surface area contributed by atoms with Crippen LogP contribution in [0.1, 0.15) is 26.2 Å². The van der Waals surface area contributed by atoms with Gasteiger partial charge in [0.1, 0.15) is 6.04 Å². The third-order valence-electron chi connectivity index (χ3n) is 3.35. The van der Waals surface area contributed by atoms with E-state index >= 15 is 0 Å². The Labute approximate surface area is 117 Å². The number of carbonyl (C=O) groups is 3. The van der Waals surface area contributed by atoms with Crippen molar-refractivity contribution >= 4 is 17.9 Å². The molecule has 0 radical (unpaired) electrons. The molecule has 1 saturated heterocycles. The lowest BCUT2D eigenvalue weighted by atomic mass is 10.1. The van der Waals surface area contributed by atoms with Crippen LogP contribution in [0.25, 0.3) is 0 Å². The molecule has 1 aliphatic heterocycles. The minimum absolute atomic E-state index is 0.0873. The molecule has 0 bridgehead atoms. The van der Waals surface area contributed by atoms with Crippen LogP contribution in [-0.4, -0.2) is 59.6 Å². The molecule has 114 valence electrons. The average molecular weight is 286 g/mol. The molecule has 1 atom stereocenters. The van der Waals surface area contributed by atoms with Gasteiger partial charge in [-0.1, -0.05) is 0 Å². The van der Waals surface area contributed by atoms with Crippen LogP contribution in [0.4, 0.5) is 4.79 Å². The van der Waals surface area contributed by atoms with Crippen LogP contribution < -0.4 is 16.4 Å². The molecule has 0 unspecified atom stereocenters. The Hall–Kier alpha value is -1.83. The van der Waals surface area contributed by atoms with Crippen molar-refractivity contribution in [3.63, 3.8) is 0 Å². The fourth-order valence-corrected chi connectivity index (χ4v) is 2.32. The minimum Gasteiger partial charge on any atom is -0.480 e. The second-order valence-corrected chi connectivity index (χ2v) is 4.78. The van der Waals surface area contributed by atoms with Crippen LogP contribution in [-0.2, 0) is 9.59 Å². The van der Waals surface area contributed by atoms with Crippen molar-refractivity contribution in [2.24, 2.45) is 5.73 Å². The molecule has 3 amide bonds. The van der Waals surface area contributed by atoms with E-state index in [4.69, 9.17) is 10.8 Å². The highest BCUT2D eigenvalue weighted by atomic mass is 16.4. The van der Waals surface area contributed by atoms with E-state index < -0.39 is 30.4 Å². The number of nitrogens with two attached hydrogens (primary N) is 1. The fourth-order valence-electron chi connectivity index (χ4n) is 2.32. The number of piperidine rings is 1. The number of urea groups is 1. The largest absolute Gasteiger partial charge is 0.480 e. The van der Waals surface area contributed by atoms with Gasteiger partial charge < -0.3 is 26.4 Å². The molecule has 5 N–H and O–H groups in total. The number of hydrogen-bond donors (Lipinski definition) is 4. The molecule has 1 heterocycles. The van der Waals surface area contributed by atoms with E-state index in [2.05, 4.69) is 10.6 Å². The first-order valence-electron chi connectivity index (χ1n) is 6.74. The maximum absolute atomic E-state index is 12.1. The Kier molecular flexibility index (Phi) is 6.23. The standard InChI is InChI=1S/C12H22N4O4/c1-2-16(8-3-5-14-6-4-8)12(20)15-9(11(18)19)7-10(13)17/h8-9,14H,2-7H2,1H3,(H2,13,17)(H,15,20)(H,18,19)/t9-/m1/s1. The highest BCUT2D eigenvalue weighted by Gasteiger charge is 2.28. The van der Waals surface area contributed by atoms with Gasteiger partial charge in [0.2, 0.25) is 5.91 Å². The number of carboxylic acid groups (broad SMARTS) is 1. The van der Waals surface area contributed by atoms with Crippen LogP contribution in [0.5, 0.6) is 0 Å². The summed E-state index contributed by atoms with van der Waals surface area (Å²) in [5, 5.41) is 14.6. The first kappa shape index (κ1) is 16.2. The van der Waals surface area contributed by atoms with Crippen molar-refractivity contribution in [1.82, 2.24) is 15.5 Å². The van der Waals surface area contributed by atoms with Crippen LogP contribution >= 0.6 is 0 Å². The topological polar surface area (TPSA) is 125 Å². The Morgan fingerprint density at radius 1 is 1.40 bits per heavy atom. The summed E-state index contributed by atoms with van der Waals surface area (Å²) in [5.41, 5.74) is 4.98. The van der Waals surface area contributed by atoms with E-state index in [1.807, 2.05) is 6.92 Å². The van der Waals surface area contributed by atoms with E-state index in [1.54, 1.807) is 4.90 Å². The first-order chi connectivity index (χ1) is 9.45. The van der Waals surface area contributed by atoms with Crippen molar-refractivity contribution < 1.29 is 19.5 Å². The maximum Gasteiger partial charge on any atom is 0.326 e. The number of amides is 3. The minimum atomic E-state index is -1.28. The van der Waals surface area contributed by atoms with Crippen molar-refractivity contribution in [1.29, 1.82) is 0 Å². The number of carboxylic acids is 1. The van der Waals surface area contributed by atoms with Gasteiger partial charge in [0.25, 0.3) is 0 Å². The molecule has 0 aromatic carbocycles. The SMILES string of the molecule is CCN(C(=O)N[C@H](CC(N)=O)C(=O)O)C1CCNCC1. The third-order valence-corrected chi connectivity index (χ3v) is 3.35. The molecule has 8 heteroatoms. The van der Waals surface area contributed by atoms with E-state index in [9.17, 15) is 14.4 Å². The molecule has 0 aromatic heterocycles. The Morgan fingerprint density at radius 2 is 2.00 bits per heavy atom. The molecular formula is C12H22N4O4. The molecule has 0 saturated carbocycles. The summed E-state index contributed by atoms with van der Waals surface area (Å²) in [7, 11) is 0. The molecule has 1 aliphatic rings. The second kappa shape index (κ2) is 7.68. The quantitative estimate of drug-likeness (QED) is 0.503. The van der Waals surface area contributed by atoms with Crippen molar-refractivity contribution in [3.8, 4) is 0 Å². The number of aliphatic carboxylic acids is 1. The molecule has 1 rings (SSSR count). The molecule has 8 nitrogen and oxygen atoms in total. The number of rotatable bonds is 6. The highest BCUT2D eigenvalue weighted by molar-refractivity contribution is 5.87. The van der Waals surface area contributed by atoms with Crippen LogP contribution in [0.3, 0.4) is 0 Å². The summed E-state index contributed by atoms with van der Waals surface area (Å²) in [5.74, 6) is -2.03. The third kappa shape index (κ3) is 4.69. The average Bonchev–Trinajstić information content (AvgIpc) is 2.39. The van der Waals surface area contributed by atoms with Crippen LogP contribution in [0.2, 0.25) is 0 Å². The van der Waals surface area contributed by atoms with Crippen molar-refractivity contribution in [2.75, 3.05) is 19.6 Å². The Bertz CT molecular complexity index is 368. The van der Waals surface area contributed by atoms with E-state index in [1.165, 1.54) is 0 Å². The van der Waals surface area contributed by atoms with Crippen LogP contribution in [0.15, 0.2) is 0 Å². The predicted molar refractivity (Wildman–Crippen MR) is 72.0 cm³/mol. The van der Waals surface area contributed by atoms with Gasteiger partial charge in [-0.25, -0.2) is 9.59 Å². The predicted octanol–water partition coefficient (Wildman–Crippen LogP) is -0.901. The highest BCUT2D eigenvalue weighted by Crippen LogP contribution is 2.12. The smallest absolute Gasteiger partial charge is 0.326 e. The molecule has 1 fully saturated rings. The van der Waals surface area contributed by atoms with Gasteiger partial charge in [-0.3, -0.25) is 4.79 Å². The van der Waals surface area contributed by atoms with E-state index in [0.717, 1.165) is 25.9 Å². The van der Waals surface area contributed by atoms with Gasteiger partial charge >= 0.3 is 12.0 Å². The van der Waals surface area contributed by atoms with Crippen molar-refractivity contribution in [3.05, 3.63) is 0 Å². The summed E-state index contributed by atoms with van der Waals surface area (Å²) in [6.45, 7) is 3.99. The molecule has 0 aliphatic carbocycles. The zero-order valence-electron chi connectivity index (χ0n) is 11.6. The fraction of sp³-hybridized carbons (Fsp3) is 0.750. The summed E-state index contributed by atoms with van der Waals surface area (Å²) in [6.07, 6.45) is 1.24. The number of hydrogen-bond acceptors (Lipinski definition) is 4. The van der Waals surface area contributed by atoms with Gasteiger partial charge in [-0.05, 0) is 32.9 Å². The normalized spacial score (nSPS) is 17.2. The van der Waals surface area contributed by atoms with Crippen molar-refractivity contribution in [2.45, 2.75) is 38.3 Å². The molecule has 20 heavy (non-hydrogen) atoms. The van der Waals surface area contributed by atoms with Gasteiger partial charge in [0.15, 0.2) is 0 Å². The summed E-state index contributed by atoms with van der Waals surface area (Å²) in [6, 6.07) is -1.66. The monoisotopic (exact) mass is 286 g/mol. The van der Waals surface area contributed by atoms with Gasteiger partial charge in [-0.15, -0.1) is 0 Å². The lowest BCUT2D eigenvalue weighted by Crippen LogP contribution is -2.54. The van der Waals surface area contributed by atoms with Gasteiger partial charge in [0, 0.05) is 12.6 Å². The summed E-state index contributed by atoms with van der Waals surface area (Å²) in [4.78, 5) is 35.6. The number of nitrogens with one attached hydrogen (secondary N) is 2. The lowest BCUT2D eigenvalue weighted by Gasteiger charge is -2.34. The Morgan fingerprint density at radius 3 is 2.45 bits per heavy atom. The Balaban J connectivity index is 2.64. The maximum atomic E-state index is 12.1. The number of primary amides is 1. The van der Waals surface area contributed by atoms with Gasteiger partial charge in [-0.2, -0.15) is 0 Å². The van der Waals surface area contributed by atoms with E-state index in [-0.39, 0.29) is 6.04 Å². The molecule has 0 aromatic rings. The lowest BCUT2D eigenvalue weighted by molar-refractivity contribution is -0.141.